The third kappa shape index (κ3) is 4.21. The number of hydrogen-bond donors (Lipinski definition) is 0. The van der Waals surface area contributed by atoms with Gasteiger partial charge in [-0.2, -0.15) is 0 Å². The molecule has 0 spiro atoms. The fourth-order valence-corrected chi connectivity index (χ4v) is 8.35. The van der Waals surface area contributed by atoms with E-state index in [1.807, 2.05) is 6.20 Å². The zero-order valence-electron chi connectivity index (χ0n) is 23.0. The Morgan fingerprint density at radius 1 is 0.625 bits per heavy atom. The molecule has 2 heterocycles. The Labute approximate surface area is 237 Å². The molecule has 3 heteroatoms. The van der Waals surface area contributed by atoms with Crippen LogP contribution in [-0.2, 0) is 5.41 Å². The van der Waals surface area contributed by atoms with Crippen LogP contribution in [0.15, 0.2) is 134 Å². The highest BCUT2D eigenvalue weighted by Gasteiger charge is 2.32. The average Bonchev–Trinajstić information content (AvgIpc) is 2.99. The Hall–Kier alpha value is -4.26. The summed E-state index contributed by atoms with van der Waals surface area (Å²) >= 11 is 0. The third-order valence-corrected chi connectivity index (χ3v) is 10.3. The van der Waals surface area contributed by atoms with E-state index in [-0.39, 0.29) is 5.41 Å². The number of nitrogens with zero attached hydrogens (tertiary/aromatic N) is 2. The van der Waals surface area contributed by atoms with Gasteiger partial charge in [0, 0.05) is 33.4 Å². The van der Waals surface area contributed by atoms with E-state index in [2.05, 4.69) is 153 Å². The highest BCUT2D eigenvalue weighted by molar-refractivity contribution is 7.80. The normalized spacial score (nSPS) is 13.2. The van der Waals surface area contributed by atoms with Gasteiger partial charge in [-0.1, -0.05) is 112 Å². The number of para-hydroxylation sites is 2. The van der Waals surface area contributed by atoms with Gasteiger partial charge < -0.3 is 4.90 Å². The second-order valence-corrected chi connectivity index (χ2v) is 13.5. The molecule has 0 saturated carbocycles. The first-order valence-electron chi connectivity index (χ1n) is 13.8. The Kier molecular flexibility index (Phi) is 6.02. The summed E-state index contributed by atoms with van der Waals surface area (Å²) in [4.78, 5) is 7.26. The maximum atomic E-state index is 4.83. The molecule has 6 aromatic rings. The van der Waals surface area contributed by atoms with E-state index >= 15 is 0 Å². The van der Waals surface area contributed by atoms with E-state index in [0.717, 1.165) is 11.3 Å². The van der Waals surface area contributed by atoms with Crippen LogP contribution in [0, 0.1) is 0 Å². The number of rotatable bonds is 3. The van der Waals surface area contributed by atoms with Gasteiger partial charge >= 0.3 is 0 Å². The van der Waals surface area contributed by atoms with Crippen molar-refractivity contribution >= 4 is 51.7 Å². The molecule has 194 valence electrons. The standard InChI is InChI=1S/C37H31N2P/c1-37(2,3)28-19-21-29(22-20-28)39-32-15-6-8-17-34(32)40(35-18-9-7-16-33(35)39)30-13-10-12-27(25-30)36-31-14-5-4-11-26(31)23-24-38-36/h4-25H,1-3H3. The van der Waals surface area contributed by atoms with Crippen LogP contribution < -0.4 is 20.8 Å². The van der Waals surface area contributed by atoms with Gasteiger partial charge in [-0.25, -0.2) is 0 Å². The van der Waals surface area contributed by atoms with E-state index in [1.54, 1.807) is 0 Å². The summed E-state index contributed by atoms with van der Waals surface area (Å²) in [6.07, 6.45) is 1.92. The number of benzene rings is 5. The van der Waals surface area contributed by atoms with Crippen molar-refractivity contribution in [1.29, 1.82) is 0 Å². The van der Waals surface area contributed by atoms with E-state index in [4.69, 9.17) is 4.98 Å². The van der Waals surface area contributed by atoms with Gasteiger partial charge in [-0.05, 0) is 66.0 Å². The lowest BCUT2D eigenvalue weighted by molar-refractivity contribution is 0.590. The van der Waals surface area contributed by atoms with Gasteiger partial charge in [0.05, 0.1) is 17.1 Å². The highest BCUT2D eigenvalue weighted by Crippen LogP contribution is 2.49. The maximum absolute atomic E-state index is 4.83. The van der Waals surface area contributed by atoms with Gasteiger partial charge in [0.2, 0.25) is 0 Å². The minimum Gasteiger partial charge on any atom is -0.309 e. The van der Waals surface area contributed by atoms with E-state index in [9.17, 15) is 0 Å². The summed E-state index contributed by atoms with van der Waals surface area (Å²) in [5.41, 5.74) is 7.36. The van der Waals surface area contributed by atoms with Gasteiger partial charge in [-0.3, -0.25) is 4.98 Å². The molecule has 0 fully saturated rings. The fraction of sp³-hybridized carbons (Fsp3) is 0.108. The Morgan fingerprint density at radius 2 is 1.27 bits per heavy atom. The summed E-state index contributed by atoms with van der Waals surface area (Å²) in [6, 6.07) is 46.6. The van der Waals surface area contributed by atoms with Gasteiger partial charge in [0.1, 0.15) is 0 Å². The van der Waals surface area contributed by atoms with Crippen LogP contribution in [0.4, 0.5) is 17.1 Å². The Balaban J connectivity index is 1.39. The zero-order chi connectivity index (χ0) is 27.3. The molecule has 0 radical (unpaired) electrons. The molecule has 1 aliphatic heterocycles. The second-order valence-electron chi connectivity index (χ2n) is 11.4. The van der Waals surface area contributed by atoms with Gasteiger partial charge in [0.15, 0.2) is 0 Å². The fourth-order valence-electron chi connectivity index (χ4n) is 5.75. The molecule has 0 unspecified atom stereocenters. The average molecular weight is 535 g/mol. The summed E-state index contributed by atoms with van der Waals surface area (Å²) in [5.74, 6) is 0. The number of pyridine rings is 1. The summed E-state index contributed by atoms with van der Waals surface area (Å²) in [5, 5.41) is 6.48. The van der Waals surface area contributed by atoms with Gasteiger partial charge in [0.25, 0.3) is 0 Å². The molecule has 2 nitrogen and oxygen atoms in total. The summed E-state index contributed by atoms with van der Waals surface area (Å²) in [6.45, 7) is 6.80. The van der Waals surface area contributed by atoms with Crippen LogP contribution in [0.5, 0.6) is 0 Å². The van der Waals surface area contributed by atoms with Crippen molar-refractivity contribution in [3.63, 3.8) is 0 Å². The first-order valence-corrected chi connectivity index (χ1v) is 15.2. The Morgan fingerprint density at radius 3 is 1.98 bits per heavy atom. The van der Waals surface area contributed by atoms with Crippen molar-refractivity contribution in [1.82, 2.24) is 4.98 Å². The molecule has 0 aliphatic carbocycles. The van der Waals surface area contributed by atoms with E-state index < -0.39 is 7.92 Å². The van der Waals surface area contributed by atoms with Crippen LogP contribution in [0.2, 0.25) is 0 Å². The highest BCUT2D eigenvalue weighted by atomic mass is 31.1. The first kappa shape index (κ1) is 24.8. The number of aromatic nitrogens is 1. The SMILES string of the molecule is CC(C)(C)c1ccc(N2c3ccccc3P(c3cccc(-c4nccc5ccccc45)c3)c3ccccc32)cc1. The molecule has 0 saturated heterocycles. The van der Waals surface area contributed by atoms with Crippen molar-refractivity contribution in [2.75, 3.05) is 4.90 Å². The van der Waals surface area contributed by atoms with Crippen LogP contribution in [0.25, 0.3) is 22.0 Å². The lowest BCUT2D eigenvalue weighted by Gasteiger charge is -2.38. The van der Waals surface area contributed by atoms with Crippen molar-refractivity contribution in [3.05, 3.63) is 139 Å². The molecule has 0 N–H and O–H groups in total. The predicted molar refractivity (Wildman–Crippen MR) is 173 cm³/mol. The molecule has 40 heavy (non-hydrogen) atoms. The molecule has 0 amide bonds. The van der Waals surface area contributed by atoms with Crippen molar-refractivity contribution < 1.29 is 0 Å². The lowest BCUT2D eigenvalue weighted by atomic mass is 9.87. The van der Waals surface area contributed by atoms with E-state index in [0.29, 0.717) is 0 Å². The molecule has 7 rings (SSSR count). The second kappa shape index (κ2) is 9.73. The third-order valence-electron chi connectivity index (χ3n) is 7.77. The van der Waals surface area contributed by atoms with Crippen LogP contribution in [-0.4, -0.2) is 4.98 Å². The smallest absolute Gasteiger partial charge is 0.0780 e. The molecule has 0 bridgehead atoms. The minimum absolute atomic E-state index is 0.120. The predicted octanol–water partition coefficient (Wildman–Crippen LogP) is 8.74. The first-order chi connectivity index (χ1) is 19.5. The van der Waals surface area contributed by atoms with E-state index in [1.165, 1.54) is 49.3 Å². The Bertz CT molecular complexity index is 1800. The molecular weight excluding hydrogens is 503 g/mol. The molecule has 1 aliphatic rings. The largest absolute Gasteiger partial charge is 0.309 e. The summed E-state index contributed by atoms with van der Waals surface area (Å²) in [7, 11) is -0.759. The molecule has 1 aromatic heterocycles. The number of anilines is 3. The lowest BCUT2D eigenvalue weighted by Crippen LogP contribution is -2.33. The summed E-state index contributed by atoms with van der Waals surface area (Å²) < 4.78 is 0. The quantitative estimate of drug-likeness (QED) is 0.211. The molecular formula is C37H31N2P. The van der Waals surface area contributed by atoms with Crippen molar-refractivity contribution in [2.24, 2.45) is 0 Å². The zero-order valence-corrected chi connectivity index (χ0v) is 23.9. The topological polar surface area (TPSA) is 16.1 Å². The van der Waals surface area contributed by atoms with Crippen LogP contribution in [0.1, 0.15) is 26.3 Å². The monoisotopic (exact) mass is 534 g/mol. The van der Waals surface area contributed by atoms with Crippen LogP contribution in [0.3, 0.4) is 0 Å². The maximum Gasteiger partial charge on any atom is 0.0780 e. The van der Waals surface area contributed by atoms with Crippen LogP contribution >= 0.6 is 7.92 Å². The molecule has 0 atom stereocenters. The van der Waals surface area contributed by atoms with Crippen molar-refractivity contribution in [3.8, 4) is 11.3 Å². The molecule has 5 aromatic carbocycles. The van der Waals surface area contributed by atoms with Gasteiger partial charge in [-0.15, -0.1) is 0 Å². The number of fused-ring (bicyclic) bond motifs is 3. The van der Waals surface area contributed by atoms with Crippen molar-refractivity contribution in [2.45, 2.75) is 26.2 Å². The number of hydrogen-bond acceptors (Lipinski definition) is 2. The minimum atomic E-state index is -0.759.